The molecule has 0 radical (unpaired) electrons. The fourth-order valence-electron chi connectivity index (χ4n) is 1.84. The van der Waals surface area contributed by atoms with Crippen LogP contribution in [0.3, 0.4) is 0 Å². The van der Waals surface area contributed by atoms with Gasteiger partial charge in [0, 0.05) is 0 Å². The highest BCUT2D eigenvalue weighted by Crippen LogP contribution is 2.32. The maximum atomic E-state index is 13.7. The minimum atomic E-state index is -5.05. The van der Waals surface area contributed by atoms with Crippen LogP contribution in [0, 0.1) is 24.4 Å². The fraction of sp³-hybridized carbons (Fsp3) is 0.143. The molecule has 0 fully saturated rings. The van der Waals surface area contributed by atoms with Gasteiger partial charge in [-0.3, -0.25) is 0 Å². The second-order valence-corrected chi connectivity index (χ2v) is 4.30. The molecule has 112 valence electrons. The number of halogens is 6. The van der Waals surface area contributed by atoms with Crippen molar-refractivity contribution < 1.29 is 31.1 Å². The largest absolute Gasteiger partial charge is 0.573 e. The lowest BCUT2D eigenvalue weighted by atomic mass is 10.0. The van der Waals surface area contributed by atoms with E-state index in [-0.39, 0.29) is 5.56 Å². The number of benzene rings is 2. The highest BCUT2D eigenvalue weighted by molar-refractivity contribution is 5.66. The molecule has 0 aliphatic carbocycles. The number of ether oxygens (including phenoxy) is 1. The number of alkyl halides is 3. The van der Waals surface area contributed by atoms with Gasteiger partial charge in [-0.15, -0.1) is 13.2 Å². The third-order valence-corrected chi connectivity index (χ3v) is 2.63. The molecule has 2 rings (SSSR count). The van der Waals surface area contributed by atoms with E-state index < -0.39 is 35.1 Å². The monoisotopic (exact) mass is 306 g/mol. The summed E-state index contributed by atoms with van der Waals surface area (Å²) < 4.78 is 80.5. The Morgan fingerprint density at radius 2 is 1.43 bits per heavy atom. The van der Waals surface area contributed by atoms with Crippen molar-refractivity contribution in [3.05, 3.63) is 53.3 Å². The Morgan fingerprint density at radius 1 is 0.857 bits per heavy atom. The van der Waals surface area contributed by atoms with E-state index in [1.54, 1.807) is 0 Å². The first-order chi connectivity index (χ1) is 9.67. The van der Waals surface area contributed by atoms with Crippen LogP contribution in [0.2, 0.25) is 0 Å². The van der Waals surface area contributed by atoms with Crippen molar-refractivity contribution in [1.29, 1.82) is 0 Å². The van der Waals surface area contributed by atoms with Gasteiger partial charge in [0.25, 0.3) is 0 Å². The van der Waals surface area contributed by atoms with E-state index in [4.69, 9.17) is 0 Å². The second kappa shape index (κ2) is 5.31. The summed E-state index contributed by atoms with van der Waals surface area (Å²) in [6.45, 7) is 1.47. The van der Waals surface area contributed by atoms with Gasteiger partial charge >= 0.3 is 6.36 Å². The molecule has 1 nitrogen and oxygen atoms in total. The normalized spacial score (nSPS) is 11.6. The molecule has 0 aromatic heterocycles. The van der Waals surface area contributed by atoms with Crippen molar-refractivity contribution in [1.82, 2.24) is 0 Å². The van der Waals surface area contributed by atoms with Crippen molar-refractivity contribution in [2.45, 2.75) is 13.3 Å². The summed E-state index contributed by atoms with van der Waals surface area (Å²) in [5.41, 5.74) is -0.415. The Balaban J connectivity index is 2.46. The average molecular weight is 306 g/mol. The van der Waals surface area contributed by atoms with E-state index in [0.29, 0.717) is 17.7 Å². The number of hydrogen-bond donors (Lipinski definition) is 0. The zero-order chi connectivity index (χ0) is 15.8. The van der Waals surface area contributed by atoms with Gasteiger partial charge in [-0.25, -0.2) is 13.2 Å². The summed E-state index contributed by atoms with van der Waals surface area (Å²) in [5.74, 6) is -4.31. The zero-order valence-corrected chi connectivity index (χ0v) is 10.6. The number of rotatable bonds is 2. The molecule has 0 unspecified atom stereocenters. The van der Waals surface area contributed by atoms with Gasteiger partial charge in [-0.2, -0.15) is 0 Å². The van der Waals surface area contributed by atoms with Crippen LogP contribution >= 0.6 is 0 Å². The Kier molecular flexibility index (Phi) is 3.85. The quantitative estimate of drug-likeness (QED) is 0.711. The minimum Gasteiger partial charge on any atom is -0.403 e. The SMILES string of the molecule is Cc1cc(F)c(-c2ccc(OC(F)(F)F)c(F)c2)c(F)c1. The first kappa shape index (κ1) is 15.2. The van der Waals surface area contributed by atoms with Gasteiger partial charge in [0.1, 0.15) is 11.6 Å². The molecular formula is C14H8F6O. The predicted octanol–water partition coefficient (Wildman–Crippen LogP) is 4.98. The van der Waals surface area contributed by atoms with Gasteiger partial charge in [0.15, 0.2) is 11.6 Å². The van der Waals surface area contributed by atoms with E-state index in [2.05, 4.69) is 4.74 Å². The van der Waals surface area contributed by atoms with Crippen molar-refractivity contribution in [2.24, 2.45) is 0 Å². The first-order valence-corrected chi connectivity index (χ1v) is 5.68. The maximum Gasteiger partial charge on any atom is 0.573 e. The zero-order valence-electron chi connectivity index (χ0n) is 10.6. The van der Waals surface area contributed by atoms with Crippen molar-refractivity contribution in [3.8, 4) is 16.9 Å². The van der Waals surface area contributed by atoms with Crippen LogP contribution in [0.1, 0.15) is 5.56 Å². The van der Waals surface area contributed by atoms with Crippen LogP contribution in [0.15, 0.2) is 30.3 Å². The van der Waals surface area contributed by atoms with E-state index in [0.717, 1.165) is 18.2 Å². The van der Waals surface area contributed by atoms with Crippen molar-refractivity contribution in [3.63, 3.8) is 0 Å². The second-order valence-electron chi connectivity index (χ2n) is 4.30. The van der Waals surface area contributed by atoms with Crippen molar-refractivity contribution >= 4 is 0 Å². The molecule has 0 heterocycles. The average Bonchev–Trinajstić information content (AvgIpc) is 2.29. The Bertz CT molecular complexity index is 655. The van der Waals surface area contributed by atoms with E-state index in [9.17, 15) is 26.3 Å². The third-order valence-electron chi connectivity index (χ3n) is 2.63. The van der Waals surface area contributed by atoms with Crippen LogP contribution in [-0.4, -0.2) is 6.36 Å². The summed E-state index contributed by atoms with van der Waals surface area (Å²) in [6.07, 6.45) is -5.05. The van der Waals surface area contributed by atoms with Crippen LogP contribution in [0.25, 0.3) is 11.1 Å². The van der Waals surface area contributed by atoms with Gasteiger partial charge in [0.2, 0.25) is 0 Å². The maximum absolute atomic E-state index is 13.7. The lowest BCUT2D eigenvalue weighted by Crippen LogP contribution is -2.17. The van der Waals surface area contributed by atoms with Crippen LogP contribution in [0.5, 0.6) is 5.75 Å². The minimum absolute atomic E-state index is 0.225. The van der Waals surface area contributed by atoms with E-state index in [1.807, 2.05) is 0 Å². The molecule has 0 amide bonds. The molecule has 7 heteroatoms. The van der Waals surface area contributed by atoms with Gasteiger partial charge < -0.3 is 4.74 Å². The van der Waals surface area contributed by atoms with Crippen LogP contribution in [-0.2, 0) is 0 Å². The Labute approximate surface area is 115 Å². The lowest BCUT2D eigenvalue weighted by molar-refractivity contribution is -0.275. The Hall–Kier alpha value is -2.18. The molecule has 21 heavy (non-hydrogen) atoms. The van der Waals surface area contributed by atoms with E-state index in [1.165, 1.54) is 6.92 Å². The molecule has 0 aliphatic rings. The number of aryl methyl sites for hydroxylation is 1. The van der Waals surface area contributed by atoms with Gasteiger partial charge in [-0.1, -0.05) is 6.07 Å². The third kappa shape index (κ3) is 3.48. The molecule has 0 bridgehead atoms. The van der Waals surface area contributed by atoms with Crippen LogP contribution < -0.4 is 4.74 Å². The van der Waals surface area contributed by atoms with Gasteiger partial charge in [-0.05, 0) is 42.3 Å². The smallest absolute Gasteiger partial charge is 0.403 e. The lowest BCUT2D eigenvalue weighted by Gasteiger charge is -2.11. The topological polar surface area (TPSA) is 9.23 Å². The highest BCUT2D eigenvalue weighted by Gasteiger charge is 2.32. The fourth-order valence-corrected chi connectivity index (χ4v) is 1.84. The van der Waals surface area contributed by atoms with Gasteiger partial charge in [0.05, 0.1) is 5.56 Å². The summed E-state index contributed by atoms with van der Waals surface area (Å²) >= 11 is 0. The summed E-state index contributed by atoms with van der Waals surface area (Å²) in [5, 5.41) is 0. The summed E-state index contributed by atoms with van der Waals surface area (Å²) in [7, 11) is 0. The molecule has 2 aromatic carbocycles. The standard InChI is InChI=1S/C14H8F6O/c1-7-4-10(16)13(11(17)5-7)8-2-3-12(9(15)6-8)21-14(18,19)20/h2-6H,1H3. The van der Waals surface area contributed by atoms with Crippen molar-refractivity contribution in [2.75, 3.05) is 0 Å². The van der Waals surface area contributed by atoms with E-state index >= 15 is 0 Å². The molecule has 2 aromatic rings. The summed E-state index contributed by atoms with van der Waals surface area (Å²) in [6, 6.07) is 4.27. The molecular weight excluding hydrogens is 298 g/mol. The molecule has 0 saturated carbocycles. The molecule has 0 saturated heterocycles. The molecule has 0 aliphatic heterocycles. The molecule has 0 N–H and O–H groups in total. The Morgan fingerprint density at radius 3 is 1.90 bits per heavy atom. The molecule has 0 spiro atoms. The molecule has 0 atom stereocenters. The van der Waals surface area contributed by atoms with Crippen LogP contribution in [0.4, 0.5) is 26.3 Å². The highest BCUT2D eigenvalue weighted by atomic mass is 19.4. The predicted molar refractivity (Wildman–Crippen MR) is 63.2 cm³/mol. The summed E-state index contributed by atoms with van der Waals surface area (Å²) in [4.78, 5) is 0. The first-order valence-electron chi connectivity index (χ1n) is 5.68. The number of hydrogen-bond acceptors (Lipinski definition) is 1.